The number of halogens is 4. The first kappa shape index (κ1) is 23.3. The van der Waals surface area contributed by atoms with Gasteiger partial charge in [-0.2, -0.15) is 13.2 Å². The number of rotatable bonds is 5. The number of carbonyl (C=O) groups is 1. The lowest BCUT2D eigenvalue weighted by Gasteiger charge is -2.40. The monoisotopic (exact) mass is 476 g/mol. The molecule has 31 heavy (non-hydrogen) atoms. The average Bonchev–Trinajstić information content (AvgIpc) is 2.70. The molecule has 1 aromatic heterocycles. The molecular formula is C19H20ClF3N4O3S. The first-order valence-corrected chi connectivity index (χ1v) is 11.6. The number of nitrogens with one attached hydrogen (secondary N) is 1. The summed E-state index contributed by atoms with van der Waals surface area (Å²) in [6.07, 6.45) is -4.09. The standard InChI is InChI=1S/C19H20ClF3N4O3S/c1-31(29,30)18-25-15(20)9-16(26-18)27-11-13(7-8-14(27)19(21,22)23)17(28)24-10-12-5-3-2-4-6-12/h2-6,9,13-14H,7-8,10-11H2,1H3,(H,24,28)/t13-,14-/m1/s1. The molecule has 7 nitrogen and oxygen atoms in total. The molecule has 0 saturated carbocycles. The largest absolute Gasteiger partial charge is 0.408 e. The highest BCUT2D eigenvalue weighted by molar-refractivity contribution is 7.90. The molecule has 1 amide bonds. The van der Waals surface area contributed by atoms with E-state index in [1.807, 2.05) is 30.3 Å². The molecule has 2 heterocycles. The molecule has 3 rings (SSSR count). The summed E-state index contributed by atoms with van der Waals surface area (Å²) in [5.74, 6) is -1.42. The second kappa shape index (κ2) is 8.99. The Morgan fingerprint density at radius 1 is 1.23 bits per heavy atom. The van der Waals surface area contributed by atoms with Gasteiger partial charge in [-0.15, -0.1) is 0 Å². The van der Waals surface area contributed by atoms with Gasteiger partial charge >= 0.3 is 6.18 Å². The Labute approximate surface area is 182 Å². The summed E-state index contributed by atoms with van der Waals surface area (Å²) in [6.45, 7) is -0.0439. The summed E-state index contributed by atoms with van der Waals surface area (Å²) in [5.41, 5.74) is 0.858. The van der Waals surface area contributed by atoms with Gasteiger partial charge in [-0.3, -0.25) is 4.79 Å². The molecule has 12 heteroatoms. The van der Waals surface area contributed by atoms with Crippen LogP contribution >= 0.6 is 11.6 Å². The molecule has 0 unspecified atom stereocenters. The number of amides is 1. The molecule has 0 bridgehead atoms. The first-order chi connectivity index (χ1) is 14.4. The maximum Gasteiger partial charge on any atom is 0.408 e. The zero-order valence-corrected chi connectivity index (χ0v) is 18.0. The Bertz CT molecular complexity index is 1050. The molecule has 2 aromatic rings. The second-order valence-corrected chi connectivity index (χ2v) is 9.59. The zero-order chi connectivity index (χ0) is 22.8. The quantitative estimate of drug-likeness (QED) is 0.527. The number of benzene rings is 1. The smallest absolute Gasteiger partial charge is 0.352 e. The SMILES string of the molecule is CS(=O)(=O)c1nc(Cl)cc(N2C[C@H](C(=O)NCc3ccccc3)CC[C@@H]2C(F)(F)F)n1. The summed E-state index contributed by atoms with van der Waals surface area (Å²) in [4.78, 5) is 20.9. The number of carbonyl (C=O) groups excluding carboxylic acids is 1. The van der Waals surface area contributed by atoms with Crippen molar-refractivity contribution in [1.29, 1.82) is 0 Å². The van der Waals surface area contributed by atoms with Crippen molar-refractivity contribution < 1.29 is 26.4 Å². The lowest BCUT2D eigenvalue weighted by molar-refractivity contribution is -0.156. The lowest BCUT2D eigenvalue weighted by Crippen LogP contribution is -2.54. The van der Waals surface area contributed by atoms with Crippen molar-refractivity contribution in [3.05, 3.63) is 47.1 Å². The van der Waals surface area contributed by atoms with E-state index in [1.54, 1.807) is 0 Å². The number of piperidine rings is 1. The molecule has 1 saturated heterocycles. The minimum absolute atomic E-state index is 0.0268. The molecular weight excluding hydrogens is 457 g/mol. The van der Waals surface area contributed by atoms with Crippen LogP contribution in [-0.2, 0) is 21.2 Å². The molecule has 2 atom stereocenters. The average molecular weight is 477 g/mol. The molecule has 1 fully saturated rings. The van der Waals surface area contributed by atoms with Crippen LogP contribution in [0.25, 0.3) is 0 Å². The second-order valence-electron chi connectivity index (χ2n) is 7.29. The van der Waals surface area contributed by atoms with Gasteiger partial charge in [0.05, 0.1) is 5.92 Å². The van der Waals surface area contributed by atoms with Crippen LogP contribution in [0, 0.1) is 5.92 Å². The van der Waals surface area contributed by atoms with Crippen molar-refractivity contribution in [2.75, 3.05) is 17.7 Å². The molecule has 168 valence electrons. The highest BCUT2D eigenvalue weighted by atomic mass is 35.5. The van der Waals surface area contributed by atoms with Gasteiger partial charge in [0.15, 0.2) is 0 Å². The number of sulfone groups is 1. The number of alkyl halides is 3. The molecule has 1 aliphatic heterocycles. The molecule has 0 spiro atoms. The number of hydrogen-bond donors (Lipinski definition) is 1. The summed E-state index contributed by atoms with van der Waals surface area (Å²) < 4.78 is 64.6. The van der Waals surface area contributed by atoms with Gasteiger partial charge in [0, 0.05) is 25.4 Å². The summed E-state index contributed by atoms with van der Waals surface area (Å²) in [6, 6.07) is 8.25. The van der Waals surface area contributed by atoms with Crippen LogP contribution in [0.3, 0.4) is 0 Å². The van der Waals surface area contributed by atoms with Crippen molar-refractivity contribution in [2.24, 2.45) is 5.92 Å². The lowest BCUT2D eigenvalue weighted by atomic mass is 9.91. The molecule has 1 N–H and O–H groups in total. The van der Waals surface area contributed by atoms with Crippen LogP contribution in [0.4, 0.5) is 19.0 Å². The third kappa shape index (κ3) is 5.85. The minimum atomic E-state index is -4.60. The minimum Gasteiger partial charge on any atom is -0.352 e. The van der Waals surface area contributed by atoms with Crippen LogP contribution in [-0.4, -0.2) is 49.3 Å². The highest BCUT2D eigenvalue weighted by Gasteiger charge is 2.48. The Morgan fingerprint density at radius 2 is 1.90 bits per heavy atom. The van der Waals surface area contributed by atoms with E-state index in [1.165, 1.54) is 0 Å². The normalized spacial score (nSPS) is 19.8. The van der Waals surface area contributed by atoms with Crippen molar-refractivity contribution in [3.8, 4) is 0 Å². The van der Waals surface area contributed by atoms with Crippen LogP contribution in [0.2, 0.25) is 5.15 Å². The van der Waals surface area contributed by atoms with E-state index >= 15 is 0 Å². The van der Waals surface area contributed by atoms with Gasteiger partial charge in [0.2, 0.25) is 20.9 Å². The fourth-order valence-corrected chi connectivity index (χ4v) is 4.16. The van der Waals surface area contributed by atoms with E-state index in [-0.39, 0.29) is 36.9 Å². The Balaban J connectivity index is 1.85. The van der Waals surface area contributed by atoms with E-state index in [9.17, 15) is 26.4 Å². The van der Waals surface area contributed by atoms with Gasteiger partial charge in [-0.25, -0.2) is 18.4 Å². The van der Waals surface area contributed by atoms with E-state index in [0.29, 0.717) is 0 Å². The van der Waals surface area contributed by atoms with Crippen molar-refractivity contribution in [2.45, 2.75) is 36.8 Å². The Morgan fingerprint density at radius 3 is 2.52 bits per heavy atom. The van der Waals surface area contributed by atoms with Gasteiger partial charge in [-0.05, 0) is 18.4 Å². The predicted molar refractivity (Wildman–Crippen MR) is 108 cm³/mol. The maximum atomic E-state index is 13.7. The first-order valence-electron chi connectivity index (χ1n) is 9.35. The topological polar surface area (TPSA) is 92.3 Å². The molecule has 1 aliphatic rings. The van der Waals surface area contributed by atoms with Crippen LogP contribution < -0.4 is 10.2 Å². The Kier molecular flexibility index (Phi) is 6.75. The fourth-order valence-electron chi connectivity index (χ4n) is 3.41. The highest BCUT2D eigenvalue weighted by Crippen LogP contribution is 2.37. The Hall–Kier alpha value is -2.40. The van der Waals surface area contributed by atoms with Crippen molar-refractivity contribution in [3.63, 3.8) is 0 Å². The van der Waals surface area contributed by atoms with Crippen LogP contribution in [0.5, 0.6) is 0 Å². The zero-order valence-electron chi connectivity index (χ0n) is 16.4. The third-order valence-corrected chi connectivity index (χ3v) is 5.97. The molecule has 1 aromatic carbocycles. The van der Waals surface area contributed by atoms with E-state index in [0.717, 1.165) is 22.8 Å². The van der Waals surface area contributed by atoms with Crippen molar-refractivity contribution >= 4 is 33.2 Å². The van der Waals surface area contributed by atoms with Gasteiger partial charge in [0.25, 0.3) is 0 Å². The van der Waals surface area contributed by atoms with Gasteiger partial charge in [0.1, 0.15) is 17.0 Å². The third-order valence-electron chi connectivity index (χ3n) is 4.93. The van der Waals surface area contributed by atoms with E-state index < -0.39 is 39.0 Å². The summed E-state index contributed by atoms with van der Waals surface area (Å²) >= 11 is 5.85. The number of anilines is 1. The van der Waals surface area contributed by atoms with Crippen LogP contribution in [0.1, 0.15) is 18.4 Å². The van der Waals surface area contributed by atoms with E-state index in [4.69, 9.17) is 11.6 Å². The predicted octanol–water partition coefficient (Wildman–Crippen LogP) is 3.00. The summed E-state index contributed by atoms with van der Waals surface area (Å²) in [5, 5.41) is 1.76. The molecule has 0 radical (unpaired) electrons. The maximum absolute atomic E-state index is 13.7. The summed E-state index contributed by atoms with van der Waals surface area (Å²) in [7, 11) is -3.90. The van der Waals surface area contributed by atoms with Crippen LogP contribution in [0.15, 0.2) is 41.6 Å². The van der Waals surface area contributed by atoms with Gasteiger partial charge in [-0.1, -0.05) is 41.9 Å². The number of nitrogens with zero attached hydrogens (tertiary/aromatic N) is 3. The number of aromatic nitrogens is 2. The molecule has 0 aliphatic carbocycles. The number of hydrogen-bond acceptors (Lipinski definition) is 6. The fraction of sp³-hybridized carbons (Fsp3) is 0.421. The van der Waals surface area contributed by atoms with Crippen molar-refractivity contribution in [1.82, 2.24) is 15.3 Å². The van der Waals surface area contributed by atoms with E-state index in [2.05, 4.69) is 15.3 Å². The van der Waals surface area contributed by atoms with Gasteiger partial charge < -0.3 is 10.2 Å².